The van der Waals surface area contributed by atoms with Crippen molar-refractivity contribution >= 4 is 31.4 Å². The molecule has 0 radical (unpaired) electrons. The van der Waals surface area contributed by atoms with Crippen LogP contribution in [0.25, 0.3) is 0 Å². The molecular weight excluding hydrogens is 614 g/mol. The zero-order valence-corrected chi connectivity index (χ0v) is 32.5. The van der Waals surface area contributed by atoms with Gasteiger partial charge in [0.2, 0.25) is 0 Å². The van der Waals surface area contributed by atoms with Gasteiger partial charge in [-0.05, 0) is 102 Å². The lowest BCUT2D eigenvalue weighted by atomic mass is 9.49. The Hall–Kier alpha value is -3.36. The molecule has 3 aromatic rings. The van der Waals surface area contributed by atoms with Crippen LogP contribution in [0.1, 0.15) is 132 Å². The minimum atomic E-state index is -0.476. The van der Waals surface area contributed by atoms with Gasteiger partial charge in [0.1, 0.15) is 0 Å². The molecule has 2 saturated heterocycles. The van der Waals surface area contributed by atoms with Crippen molar-refractivity contribution in [3.05, 3.63) is 107 Å². The number of hydrogen-bond donors (Lipinski definition) is 0. The van der Waals surface area contributed by atoms with Gasteiger partial charge in [0.15, 0.2) is 17.3 Å². The Kier molecular flexibility index (Phi) is 16.6. The van der Waals surface area contributed by atoms with E-state index in [1.165, 1.54) is 0 Å². The van der Waals surface area contributed by atoms with E-state index >= 15 is 0 Å². The molecule has 2 fully saturated rings. The molecule has 0 spiro atoms. The zero-order valence-electron chi connectivity index (χ0n) is 32.5. The van der Waals surface area contributed by atoms with Crippen LogP contribution in [-0.4, -0.2) is 53.8 Å². The van der Waals surface area contributed by atoms with Gasteiger partial charge in [-0.15, -0.1) is 0 Å². The van der Waals surface area contributed by atoms with Crippen LogP contribution in [0, 0.1) is 13.8 Å². The Morgan fingerprint density at radius 2 is 0.694 bits per heavy atom. The van der Waals surface area contributed by atoms with Crippen molar-refractivity contribution in [1.82, 2.24) is 0 Å². The number of Topliss-reactive ketones (excluding diaryl/α,β-unsaturated/α-hetero) is 3. The molecule has 0 unspecified atom stereocenters. The van der Waals surface area contributed by atoms with E-state index in [0.717, 1.165) is 27.8 Å². The zero-order chi connectivity index (χ0) is 37.8. The maximum absolute atomic E-state index is 10.9. The lowest BCUT2D eigenvalue weighted by molar-refractivity contribution is 0.00578. The maximum atomic E-state index is 10.9. The van der Waals surface area contributed by atoms with E-state index in [1.807, 2.05) is 156 Å². The third-order valence-electron chi connectivity index (χ3n) is 8.75. The monoisotopic (exact) mass is 672 g/mol. The Bertz CT molecular complexity index is 1360. The van der Waals surface area contributed by atoms with Gasteiger partial charge in [-0.2, -0.15) is 0 Å². The molecule has 266 valence electrons. The van der Waals surface area contributed by atoms with E-state index in [1.54, 1.807) is 20.8 Å². The highest BCUT2D eigenvalue weighted by molar-refractivity contribution is 7.11. The van der Waals surface area contributed by atoms with E-state index in [9.17, 15) is 14.4 Å². The Morgan fingerprint density at radius 1 is 0.449 bits per heavy atom. The van der Waals surface area contributed by atoms with E-state index in [-0.39, 0.29) is 39.8 Å². The summed E-state index contributed by atoms with van der Waals surface area (Å²) in [5.41, 5.74) is 3.22. The molecule has 0 amide bonds. The number of aryl methyl sites for hydroxylation is 2. The van der Waals surface area contributed by atoms with Crippen molar-refractivity contribution < 1.29 is 33.0 Å². The summed E-state index contributed by atoms with van der Waals surface area (Å²) >= 11 is 0. The van der Waals surface area contributed by atoms with Crippen LogP contribution in [0.3, 0.4) is 0 Å². The van der Waals surface area contributed by atoms with Crippen LogP contribution < -0.4 is 0 Å². The first kappa shape index (κ1) is 43.7. The number of ketones is 3. The molecule has 0 bridgehead atoms. The predicted octanol–water partition coefficient (Wildman–Crippen LogP) is 9.56. The highest BCUT2D eigenvalue weighted by Crippen LogP contribution is 2.42. The number of carbonyl (C=O) groups excluding carboxylic acids is 3. The van der Waals surface area contributed by atoms with Crippen LogP contribution >= 0.6 is 0 Å². The molecule has 49 heavy (non-hydrogen) atoms. The van der Waals surface area contributed by atoms with Crippen LogP contribution in [0.15, 0.2) is 78.9 Å². The molecule has 2 aliphatic rings. The summed E-state index contributed by atoms with van der Waals surface area (Å²) in [7, 11) is -0.952. The smallest absolute Gasteiger partial charge is 0.405 e. The van der Waals surface area contributed by atoms with Gasteiger partial charge in [0.05, 0.1) is 22.4 Å². The molecule has 9 heteroatoms. The molecule has 2 heterocycles. The lowest BCUT2D eigenvalue weighted by Crippen LogP contribution is -2.41. The van der Waals surface area contributed by atoms with Crippen molar-refractivity contribution in [2.75, 3.05) is 0 Å². The quantitative estimate of drug-likeness (QED) is 0.202. The molecule has 0 saturated carbocycles. The van der Waals surface area contributed by atoms with E-state index in [4.69, 9.17) is 18.6 Å². The van der Waals surface area contributed by atoms with Gasteiger partial charge < -0.3 is 18.6 Å². The maximum Gasteiger partial charge on any atom is 0.488 e. The van der Waals surface area contributed by atoms with Gasteiger partial charge in [0.25, 0.3) is 0 Å². The average molecular weight is 673 g/mol. The number of carbonyl (C=O) groups is 3. The summed E-state index contributed by atoms with van der Waals surface area (Å²) in [4.78, 5) is 32.2. The second-order valence-corrected chi connectivity index (χ2v) is 14.0. The van der Waals surface area contributed by atoms with Gasteiger partial charge in [-0.1, -0.05) is 91.7 Å². The van der Waals surface area contributed by atoms with Crippen molar-refractivity contribution in [2.45, 2.75) is 126 Å². The summed E-state index contributed by atoms with van der Waals surface area (Å²) in [5, 5.41) is 0. The molecule has 2 aliphatic heterocycles. The molecular formula is C40H58B2O7. The second-order valence-electron chi connectivity index (χ2n) is 14.0. The minimum Gasteiger partial charge on any atom is -0.405 e. The Balaban J connectivity index is 0.000000337. The average Bonchev–Trinajstić information content (AvgIpc) is 3.39. The highest BCUT2D eigenvalue weighted by atomic mass is 16.7. The standard InChI is InChI=1S/C12H24B2O4.C10H12O.2C8H8O.C2H6/c1-9(2)10(3,4)16-13(15-9)14-17-11(5,6)12(7,8)18-14;1-7-4-8(2)6-10(5-7)9(3)11;2*1-7(9)8-5-3-2-4-6-8;1-2/h1-8H3;4-6H,1-3H3;2*2-6H,1H3;1-2H3. The fourth-order valence-electron chi connectivity index (χ4n) is 4.52. The van der Waals surface area contributed by atoms with Crippen LogP contribution in [-0.2, 0) is 18.6 Å². The first-order chi connectivity index (χ1) is 22.6. The van der Waals surface area contributed by atoms with Crippen LogP contribution in [0.5, 0.6) is 0 Å². The van der Waals surface area contributed by atoms with Crippen molar-refractivity contribution in [3.63, 3.8) is 0 Å². The first-order valence-corrected chi connectivity index (χ1v) is 17.0. The van der Waals surface area contributed by atoms with Crippen LogP contribution in [0.4, 0.5) is 0 Å². The topological polar surface area (TPSA) is 88.1 Å². The predicted molar refractivity (Wildman–Crippen MR) is 202 cm³/mol. The van der Waals surface area contributed by atoms with Crippen molar-refractivity contribution in [2.24, 2.45) is 0 Å². The third-order valence-corrected chi connectivity index (χ3v) is 8.75. The van der Waals surface area contributed by atoms with Gasteiger partial charge in [-0.3, -0.25) is 14.4 Å². The normalized spacial score (nSPS) is 17.4. The summed E-state index contributed by atoms with van der Waals surface area (Å²) in [6.45, 7) is 28.9. The number of hydrogen-bond acceptors (Lipinski definition) is 7. The van der Waals surface area contributed by atoms with Crippen LogP contribution in [0.2, 0.25) is 0 Å². The molecule has 0 aromatic heterocycles. The summed E-state index contributed by atoms with van der Waals surface area (Å²) < 4.78 is 23.8. The van der Waals surface area contributed by atoms with Gasteiger partial charge in [0, 0.05) is 16.7 Å². The lowest BCUT2D eigenvalue weighted by Gasteiger charge is -2.32. The second kappa shape index (κ2) is 18.6. The molecule has 0 N–H and O–H groups in total. The molecule has 0 aliphatic carbocycles. The molecule has 7 nitrogen and oxygen atoms in total. The molecule has 0 atom stereocenters. The van der Waals surface area contributed by atoms with Crippen molar-refractivity contribution in [3.8, 4) is 0 Å². The van der Waals surface area contributed by atoms with E-state index < -0.39 is 14.0 Å². The van der Waals surface area contributed by atoms with E-state index in [0.29, 0.717) is 0 Å². The van der Waals surface area contributed by atoms with E-state index in [2.05, 4.69) is 6.07 Å². The number of rotatable bonds is 4. The highest BCUT2D eigenvalue weighted by Gasteiger charge is 2.63. The molecule has 5 rings (SSSR count). The Morgan fingerprint density at radius 3 is 0.898 bits per heavy atom. The Labute approximate surface area is 296 Å². The fraction of sp³-hybridized carbons (Fsp3) is 0.475. The van der Waals surface area contributed by atoms with Gasteiger partial charge in [-0.25, -0.2) is 0 Å². The summed E-state index contributed by atoms with van der Waals surface area (Å²) in [6, 6.07) is 24.3. The van der Waals surface area contributed by atoms with Gasteiger partial charge >= 0.3 is 14.0 Å². The first-order valence-electron chi connectivity index (χ1n) is 17.0. The molecule has 3 aromatic carbocycles. The largest absolute Gasteiger partial charge is 0.488 e. The minimum absolute atomic E-state index is 0.121. The third kappa shape index (κ3) is 13.1. The van der Waals surface area contributed by atoms with Crippen molar-refractivity contribution in [1.29, 1.82) is 0 Å². The summed E-state index contributed by atoms with van der Waals surface area (Å²) in [5.74, 6) is 0.378. The summed E-state index contributed by atoms with van der Waals surface area (Å²) in [6.07, 6.45) is 0. The fourth-order valence-corrected chi connectivity index (χ4v) is 4.52. The SMILES string of the molecule is CC.CC(=O)c1cc(C)cc(C)c1.CC(=O)c1ccccc1.CC(=O)c1ccccc1.CC1(C)OB(B2OC(C)(C)C(C)(C)O2)OC1(C)C. The number of benzene rings is 3.